The number of pyridine rings is 1. The van der Waals surface area contributed by atoms with Gasteiger partial charge < -0.3 is 15.4 Å². The molecule has 1 aromatic rings. The van der Waals surface area contributed by atoms with Gasteiger partial charge in [-0.3, -0.25) is 0 Å². The molecule has 1 aliphatic heterocycles. The van der Waals surface area contributed by atoms with Crippen LogP contribution in [0.2, 0.25) is 0 Å². The minimum atomic E-state index is -0.327. The monoisotopic (exact) mass is 249 g/mol. The molecule has 1 aliphatic rings. The zero-order chi connectivity index (χ0) is 13.1. The number of esters is 1. The second kappa shape index (κ2) is 5.35. The zero-order valence-electron chi connectivity index (χ0n) is 11.0. The molecule has 0 radical (unpaired) electrons. The van der Waals surface area contributed by atoms with Gasteiger partial charge in [0.1, 0.15) is 5.82 Å². The zero-order valence-corrected chi connectivity index (χ0v) is 11.0. The number of carbonyl (C=O) groups excluding carboxylic acids is 1. The minimum Gasteiger partial charge on any atom is -0.465 e. The maximum Gasteiger partial charge on any atom is 0.339 e. The largest absolute Gasteiger partial charge is 0.465 e. The predicted octanol–water partition coefficient (Wildman–Crippen LogP) is 1.26. The van der Waals surface area contributed by atoms with Crippen LogP contribution in [-0.4, -0.2) is 37.2 Å². The lowest BCUT2D eigenvalue weighted by atomic mass is 10.1. The van der Waals surface area contributed by atoms with Crippen molar-refractivity contribution in [3.05, 3.63) is 22.9 Å². The first kappa shape index (κ1) is 12.8. The molecular weight excluding hydrogens is 230 g/mol. The van der Waals surface area contributed by atoms with Gasteiger partial charge in [0.25, 0.3) is 0 Å². The number of rotatable bonds is 3. The van der Waals surface area contributed by atoms with Crippen molar-refractivity contribution < 1.29 is 9.53 Å². The van der Waals surface area contributed by atoms with E-state index < -0.39 is 0 Å². The Morgan fingerprint density at radius 1 is 1.56 bits per heavy atom. The number of ether oxygens (including phenoxy) is 1. The van der Waals surface area contributed by atoms with Crippen molar-refractivity contribution in [2.75, 3.05) is 25.5 Å². The summed E-state index contributed by atoms with van der Waals surface area (Å²) in [5.41, 5.74) is 2.16. The quantitative estimate of drug-likeness (QED) is 0.790. The highest BCUT2D eigenvalue weighted by Gasteiger charge is 2.18. The summed E-state index contributed by atoms with van der Waals surface area (Å²) >= 11 is 0. The molecule has 1 aromatic heterocycles. The molecule has 0 aromatic carbocycles. The van der Waals surface area contributed by atoms with Crippen LogP contribution in [-0.2, 0) is 4.74 Å². The van der Waals surface area contributed by atoms with E-state index in [1.54, 1.807) is 0 Å². The normalized spacial score (nSPS) is 18.7. The summed E-state index contributed by atoms with van der Waals surface area (Å²) < 4.78 is 4.76. The second-order valence-electron chi connectivity index (χ2n) is 4.61. The van der Waals surface area contributed by atoms with Crippen LogP contribution in [0.3, 0.4) is 0 Å². The van der Waals surface area contributed by atoms with E-state index >= 15 is 0 Å². The summed E-state index contributed by atoms with van der Waals surface area (Å²) in [5, 5.41) is 6.68. The molecule has 5 nitrogen and oxygen atoms in total. The van der Waals surface area contributed by atoms with Gasteiger partial charge in [0.05, 0.1) is 18.4 Å². The highest BCUT2D eigenvalue weighted by Crippen LogP contribution is 2.18. The van der Waals surface area contributed by atoms with Crippen LogP contribution in [0.4, 0.5) is 5.82 Å². The van der Waals surface area contributed by atoms with Crippen LogP contribution < -0.4 is 10.6 Å². The molecule has 1 atom stereocenters. The van der Waals surface area contributed by atoms with Crippen molar-refractivity contribution in [1.82, 2.24) is 10.3 Å². The molecule has 0 saturated carbocycles. The van der Waals surface area contributed by atoms with Crippen molar-refractivity contribution in [2.45, 2.75) is 26.3 Å². The predicted molar refractivity (Wildman–Crippen MR) is 69.9 cm³/mol. The number of methoxy groups -OCH3 is 1. The van der Waals surface area contributed by atoms with Gasteiger partial charge in [-0.1, -0.05) is 0 Å². The minimum absolute atomic E-state index is 0.327. The first-order chi connectivity index (χ1) is 8.61. The maximum absolute atomic E-state index is 11.6. The maximum atomic E-state index is 11.6. The Kier molecular flexibility index (Phi) is 3.81. The van der Waals surface area contributed by atoms with Crippen LogP contribution in [0.1, 0.15) is 28.0 Å². The molecule has 1 saturated heterocycles. The number of hydrogen-bond donors (Lipinski definition) is 2. The average Bonchev–Trinajstić information content (AvgIpc) is 2.80. The third-order valence-electron chi connectivity index (χ3n) is 3.20. The number of nitrogens with zero attached hydrogens (tertiary/aromatic N) is 1. The highest BCUT2D eigenvalue weighted by atomic mass is 16.5. The first-order valence-corrected chi connectivity index (χ1v) is 6.15. The van der Waals surface area contributed by atoms with Gasteiger partial charge in [-0.05, 0) is 38.4 Å². The van der Waals surface area contributed by atoms with Crippen molar-refractivity contribution in [3.8, 4) is 0 Å². The third-order valence-corrected chi connectivity index (χ3v) is 3.20. The van der Waals surface area contributed by atoms with Crippen molar-refractivity contribution in [2.24, 2.45) is 0 Å². The van der Waals surface area contributed by atoms with Crippen molar-refractivity contribution >= 4 is 11.8 Å². The van der Waals surface area contributed by atoms with E-state index in [-0.39, 0.29) is 5.97 Å². The molecule has 0 spiro atoms. The van der Waals surface area contributed by atoms with E-state index in [0.717, 1.165) is 30.9 Å². The summed E-state index contributed by atoms with van der Waals surface area (Å²) in [4.78, 5) is 16.0. The molecule has 0 aliphatic carbocycles. The van der Waals surface area contributed by atoms with E-state index in [2.05, 4.69) is 15.6 Å². The van der Waals surface area contributed by atoms with E-state index in [1.165, 1.54) is 7.11 Å². The third kappa shape index (κ3) is 2.61. The molecular formula is C13H19N3O2. The number of hydrogen-bond acceptors (Lipinski definition) is 5. The van der Waals surface area contributed by atoms with Crippen LogP contribution in [0, 0.1) is 13.8 Å². The van der Waals surface area contributed by atoms with Crippen molar-refractivity contribution in [1.29, 1.82) is 0 Å². The molecule has 2 rings (SSSR count). The van der Waals surface area contributed by atoms with Gasteiger partial charge in [0, 0.05) is 12.6 Å². The molecule has 0 bridgehead atoms. The fraction of sp³-hybridized carbons (Fsp3) is 0.538. The summed E-state index contributed by atoms with van der Waals surface area (Å²) in [6.45, 7) is 5.73. The smallest absolute Gasteiger partial charge is 0.339 e. The highest BCUT2D eigenvalue weighted by molar-refractivity contribution is 5.92. The Labute approximate surface area is 107 Å². The van der Waals surface area contributed by atoms with Gasteiger partial charge in [0.2, 0.25) is 0 Å². The fourth-order valence-corrected chi connectivity index (χ4v) is 2.30. The summed E-state index contributed by atoms with van der Waals surface area (Å²) in [5.74, 6) is 0.498. The number of anilines is 1. The molecule has 2 N–H and O–H groups in total. The van der Waals surface area contributed by atoms with Gasteiger partial charge in [-0.25, -0.2) is 9.78 Å². The van der Waals surface area contributed by atoms with E-state index in [4.69, 9.17) is 4.74 Å². The Hall–Kier alpha value is -1.62. The van der Waals surface area contributed by atoms with Gasteiger partial charge in [-0.15, -0.1) is 0 Å². The SMILES string of the molecule is COC(=O)c1c(C)cc(N[C@@H]2CCNC2)nc1C. The topological polar surface area (TPSA) is 63.2 Å². The number of aromatic nitrogens is 1. The molecule has 18 heavy (non-hydrogen) atoms. The molecule has 5 heteroatoms. The standard InChI is InChI=1S/C13H19N3O2/c1-8-6-11(16-10-4-5-14-7-10)15-9(2)12(8)13(17)18-3/h6,10,14H,4-5,7H2,1-3H3,(H,15,16)/t10-/m1/s1. The average molecular weight is 249 g/mol. The Morgan fingerprint density at radius 3 is 2.89 bits per heavy atom. The molecule has 2 heterocycles. The van der Waals surface area contributed by atoms with Crippen LogP contribution in [0.25, 0.3) is 0 Å². The lowest BCUT2D eigenvalue weighted by Gasteiger charge is -2.15. The first-order valence-electron chi connectivity index (χ1n) is 6.15. The Morgan fingerprint density at radius 2 is 2.33 bits per heavy atom. The lowest BCUT2D eigenvalue weighted by Crippen LogP contribution is -2.23. The summed E-state index contributed by atoms with van der Waals surface area (Å²) in [7, 11) is 1.39. The number of nitrogens with one attached hydrogen (secondary N) is 2. The summed E-state index contributed by atoms with van der Waals surface area (Å²) in [6.07, 6.45) is 1.10. The van der Waals surface area contributed by atoms with E-state index in [9.17, 15) is 4.79 Å². The Balaban J connectivity index is 2.21. The second-order valence-corrected chi connectivity index (χ2v) is 4.61. The molecule has 0 amide bonds. The lowest BCUT2D eigenvalue weighted by molar-refractivity contribution is 0.0598. The van der Waals surface area contributed by atoms with Gasteiger partial charge >= 0.3 is 5.97 Å². The van der Waals surface area contributed by atoms with Gasteiger partial charge in [0.15, 0.2) is 0 Å². The van der Waals surface area contributed by atoms with Crippen LogP contribution in [0.5, 0.6) is 0 Å². The molecule has 98 valence electrons. The summed E-state index contributed by atoms with van der Waals surface area (Å²) in [6, 6.07) is 2.32. The van der Waals surface area contributed by atoms with Crippen LogP contribution in [0.15, 0.2) is 6.07 Å². The fourth-order valence-electron chi connectivity index (χ4n) is 2.30. The van der Waals surface area contributed by atoms with E-state index in [0.29, 0.717) is 17.3 Å². The van der Waals surface area contributed by atoms with Gasteiger partial charge in [-0.2, -0.15) is 0 Å². The van der Waals surface area contributed by atoms with Crippen LogP contribution >= 0.6 is 0 Å². The molecule has 0 unspecified atom stereocenters. The van der Waals surface area contributed by atoms with Crippen molar-refractivity contribution in [3.63, 3.8) is 0 Å². The van der Waals surface area contributed by atoms with E-state index in [1.807, 2.05) is 19.9 Å². The number of carbonyl (C=O) groups is 1. The number of aryl methyl sites for hydroxylation is 2. The Bertz CT molecular complexity index is 431. The molecule has 1 fully saturated rings.